The maximum Gasteiger partial charge on any atom is 0.222 e. The van der Waals surface area contributed by atoms with Crippen molar-refractivity contribution in [1.29, 1.82) is 0 Å². The Labute approximate surface area is 155 Å². The molecule has 0 unspecified atom stereocenters. The van der Waals surface area contributed by atoms with Crippen molar-refractivity contribution in [2.75, 3.05) is 0 Å². The summed E-state index contributed by atoms with van der Waals surface area (Å²) in [5, 5.41) is 9.86. The molecular weight excluding hydrogens is 352 g/mol. The molecule has 25 heavy (non-hydrogen) atoms. The molecule has 0 saturated heterocycles. The molecule has 5 rings (SSSR count). The van der Waals surface area contributed by atoms with Gasteiger partial charge in [0.15, 0.2) is 0 Å². The first kappa shape index (κ1) is 15.0. The van der Waals surface area contributed by atoms with Gasteiger partial charge in [0.1, 0.15) is 5.75 Å². The number of hydrogen-bond acceptors (Lipinski definition) is 4. The second-order valence-corrected chi connectivity index (χ2v) is 7.59. The Kier molecular flexibility index (Phi) is 3.54. The lowest BCUT2D eigenvalue weighted by Gasteiger charge is -2.37. The van der Waals surface area contributed by atoms with Crippen molar-refractivity contribution >= 4 is 28.6 Å². The predicted molar refractivity (Wildman–Crippen MR) is 101 cm³/mol. The first-order valence-corrected chi connectivity index (χ1v) is 9.46. The van der Waals surface area contributed by atoms with Crippen LogP contribution in [0, 0.1) is 0 Å². The Bertz CT molecular complexity index is 937. The van der Waals surface area contributed by atoms with Gasteiger partial charge in [0.25, 0.3) is 0 Å². The largest absolute Gasteiger partial charge is 0.464 e. The Hall–Kier alpha value is -2.30. The zero-order chi connectivity index (χ0) is 16.8. The molecule has 0 aliphatic carbocycles. The minimum atomic E-state index is -0.176. The summed E-state index contributed by atoms with van der Waals surface area (Å²) in [5.41, 5.74) is 3.38. The van der Waals surface area contributed by atoms with Gasteiger partial charge >= 0.3 is 0 Å². The smallest absolute Gasteiger partial charge is 0.222 e. The lowest BCUT2D eigenvalue weighted by Crippen LogP contribution is -2.33. The van der Waals surface area contributed by atoms with E-state index in [1.807, 2.05) is 36.4 Å². The van der Waals surface area contributed by atoms with Gasteiger partial charge < -0.3 is 4.74 Å². The normalized spacial score (nSPS) is 21.3. The average molecular weight is 367 g/mol. The third-order valence-corrected chi connectivity index (χ3v) is 5.82. The molecule has 0 saturated carbocycles. The molecule has 3 heterocycles. The lowest BCUT2D eigenvalue weighted by molar-refractivity contribution is -0.0165. The van der Waals surface area contributed by atoms with Crippen molar-refractivity contribution in [3.8, 4) is 5.75 Å². The number of halogens is 1. The molecule has 2 atom stereocenters. The fourth-order valence-corrected chi connectivity index (χ4v) is 4.34. The molecule has 0 amide bonds. The van der Waals surface area contributed by atoms with E-state index in [1.165, 1.54) is 10.4 Å². The molecule has 2 aliphatic rings. The third-order valence-electron chi connectivity index (χ3n) is 4.66. The van der Waals surface area contributed by atoms with Crippen LogP contribution in [0.4, 0.5) is 0 Å². The van der Waals surface area contributed by atoms with Crippen LogP contribution in [-0.4, -0.2) is 10.7 Å². The van der Waals surface area contributed by atoms with Gasteiger partial charge in [-0.3, -0.25) is 0 Å². The molecular formula is C20H15ClN2OS. The van der Waals surface area contributed by atoms with Crippen LogP contribution in [0.25, 0.3) is 0 Å². The number of nitrogens with zero attached hydrogens (tertiary/aromatic N) is 2. The van der Waals surface area contributed by atoms with E-state index in [4.69, 9.17) is 21.4 Å². The van der Waals surface area contributed by atoms with Gasteiger partial charge in [-0.1, -0.05) is 48.0 Å². The van der Waals surface area contributed by atoms with Gasteiger partial charge in [-0.15, -0.1) is 11.3 Å². The minimum Gasteiger partial charge on any atom is -0.464 e. The summed E-state index contributed by atoms with van der Waals surface area (Å²) in [6, 6.07) is 20.5. The van der Waals surface area contributed by atoms with Gasteiger partial charge in [-0.2, -0.15) is 5.10 Å². The molecule has 124 valence electrons. The van der Waals surface area contributed by atoms with Gasteiger partial charge in [0.05, 0.1) is 16.6 Å². The van der Waals surface area contributed by atoms with E-state index in [9.17, 15) is 0 Å². The first-order chi connectivity index (χ1) is 12.3. The molecule has 0 bridgehead atoms. The maximum absolute atomic E-state index is 6.30. The summed E-state index contributed by atoms with van der Waals surface area (Å²) in [6.45, 7) is 0. The van der Waals surface area contributed by atoms with Crippen molar-refractivity contribution in [3.63, 3.8) is 0 Å². The van der Waals surface area contributed by atoms with E-state index in [0.29, 0.717) is 0 Å². The predicted octanol–water partition coefficient (Wildman–Crippen LogP) is 5.64. The molecule has 3 aromatic rings. The number of ether oxygens (including phenoxy) is 1. The van der Waals surface area contributed by atoms with E-state index in [2.05, 4.69) is 34.7 Å². The van der Waals surface area contributed by atoms with Crippen molar-refractivity contribution < 1.29 is 4.74 Å². The van der Waals surface area contributed by atoms with E-state index >= 15 is 0 Å². The number of hydrogen-bond donors (Lipinski definition) is 0. The maximum atomic E-state index is 6.30. The molecule has 0 spiro atoms. The van der Waals surface area contributed by atoms with E-state index in [-0.39, 0.29) is 12.3 Å². The summed E-state index contributed by atoms with van der Waals surface area (Å²) in [7, 11) is 0. The second kappa shape index (κ2) is 5.90. The zero-order valence-corrected chi connectivity index (χ0v) is 14.9. The Balaban J connectivity index is 1.59. The number of hydrazone groups is 1. The summed E-state index contributed by atoms with van der Waals surface area (Å²) >= 11 is 7.73. The Morgan fingerprint density at radius 1 is 1.04 bits per heavy atom. The fraction of sp³-hybridized carbons (Fsp3) is 0.150. The quantitative estimate of drug-likeness (QED) is 0.586. The summed E-state index contributed by atoms with van der Waals surface area (Å²) in [5.74, 6) is 0.953. The Morgan fingerprint density at radius 3 is 2.68 bits per heavy atom. The molecule has 0 radical (unpaired) electrons. The molecule has 3 nitrogen and oxygen atoms in total. The van der Waals surface area contributed by atoms with Crippen LogP contribution in [0.2, 0.25) is 5.02 Å². The highest BCUT2D eigenvalue weighted by Crippen LogP contribution is 2.48. The number of para-hydroxylation sites is 1. The number of rotatable bonds is 2. The molecule has 1 aromatic heterocycles. The van der Waals surface area contributed by atoms with Crippen LogP contribution in [0.3, 0.4) is 0 Å². The van der Waals surface area contributed by atoms with Crippen LogP contribution >= 0.6 is 22.9 Å². The molecule has 0 N–H and O–H groups in total. The standard InChI is InChI=1S/C20H15ClN2OS/c21-14-9-7-13(8-10-14)16-12-17-15-4-1-2-5-18(15)24-20(23(17)22-16)19-6-3-11-25-19/h1-11,17,20H,12H2/t17-,20+/m1/s1. The van der Waals surface area contributed by atoms with Gasteiger partial charge in [0, 0.05) is 17.0 Å². The zero-order valence-electron chi connectivity index (χ0n) is 13.3. The first-order valence-electron chi connectivity index (χ1n) is 8.20. The molecule has 2 aliphatic heterocycles. The number of fused-ring (bicyclic) bond motifs is 3. The van der Waals surface area contributed by atoms with Crippen LogP contribution in [-0.2, 0) is 0 Å². The topological polar surface area (TPSA) is 24.8 Å². The van der Waals surface area contributed by atoms with Crippen LogP contribution in [0.5, 0.6) is 5.75 Å². The highest BCUT2D eigenvalue weighted by molar-refractivity contribution is 7.10. The van der Waals surface area contributed by atoms with Crippen molar-refractivity contribution in [2.45, 2.75) is 18.7 Å². The average Bonchev–Trinajstić information content (AvgIpc) is 3.32. The lowest BCUT2D eigenvalue weighted by atomic mass is 9.96. The number of thiophene rings is 1. The Morgan fingerprint density at radius 2 is 1.88 bits per heavy atom. The van der Waals surface area contributed by atoms with E-state index < -0.39 is 0 Å². The minimum absolute atomic E-state index is 0.176. The highest BCUT2D eigenvalue weighted by Gasteiger charge is 2.41. The van der Waals surface area contributed by atoms with Crippen LogP contribution in [0.15, 0.2) is 71.1 Å². The summed E-state index contributed by atoms with van der Waals surface area (Å²) in [4.78, 5) is 1.17. The van der Waals surface area contributed by atoms with Crippen molar-refractivity contribution in [3.05, 3.63) is 87.1 Å². The summed E-state index contributed by atoms with van der Waals surface area (Å²) < 4.78 is 6.30. The molecule has 2 aromatic carbocycles. The SMILES string of the molecule is Clc1ccc(C2=NN3[C@H](C2)c2ccccc2O[C@H]3c2cccs2)cc1. The van der Waals surface area contributed by atoms with Crippen LogP contribution < -0.4 is 4.74 Å². The molecule has 5 heteroatoms. The van der Waals surface area contributed by atoms with Gasteiger partial charge in [-0.25, -0.2) is 5.01 Å². The second-order valence-electron chi connectivity index (χ2n) is 6.18. The fourth-order valence-electron chi connectivity index (χ4n) is 3.47. The molecule has 0 fully saturated rings. The third kappa shape index (κ3) is 2.53. The number of benzene rings is 2. The van der Waals surface area contributed by atoms with E-state index in [1.54, 1.807) is 11.3 Å². The highest BCUT2D eigenvalue weighted by atomic mass is 35.5. The van der Waals surface area contributed by atoms with Gasteiger partial charge in [0.2, 0.25) is 6.23 Å². The van der Waals surface area contributed by atoms with Crippen molar-refractivity contribution in [1.82, 2.24) is 5.01 Å². The van der Waals surface area contributed by atoms with E-state index in [0.717, 1.165) is 28.5 Å². The van der Waals surface area contributed by atoms with Crippen LogP contribution in [0.1, 0.15) is 34.7 Å². The summed E-state index contributed by atoms with van der Waals surface area (Å²) in [6.07, 6.45) is 0.689. The van der Waals surface area contributed by atoms with Gasteiger partial charge in [-0.05, 0) is 35.2 Å². The van der Waals surface area contributed by atoms with Crippen molar-refractivity contribution in [2.24, 2.45) is 5.10 Å². The monoisotopic (exact) mass is 366 g/mol.